The number of unbranched alkanes of at least 4 members (excludes halogenated alkanes) is 1. The van der Waals surface area contributed by atoms with Crippen molar-refractivity contribution in [2.45, 2.75) is 38.7 Å². The number of Topliss-reactive ketones (excluding diaryl/α,β-unsaturated/α-hetero) is 1. The van der Waals surface area contributed by atoms with Crippen molar-refractivity contribution in [2.24, 2.45) is 0 Å². The molecule has 2 heteroatoms. The maximum absolute atomic E-state index is 12.0. The second-order valence-electron chi connectivity index (χ2n) is 3.68. The van der Waals surface area contributed by atoms with E-state index < -0.39 is 5.60 Å². The fourth-order valence-electron chi connectivity index (χ4n) is 1.76. The summed E-state index contributed by atoms with van der Waals surface area (Å²) in [5.74, 6) is 0.171. The zero-order valence-corrected chi connectivity index (χ0v) is 9.17. The van der Waals surface area contributed by atoms with Gasteiger partial charge in [-0.2, -0.15) is 0 Å². The summed E-state index contributed by atoms with van der Waals surface area (Å²) in [4.78, 5) is 12.0. The molecule has 0 aliphatic heterocycles. The fraction of sp³-hybridized carbons (Fsp3) is 0.583. The summed E-state index contributed by atoms with van der Waals surface area (Å²) in [5, 5.41) is 0. The summed E-state index contributed by atoms with van der Waals surface area (Å²) in [6.07, 6.45) is 8.25. The molecular weight excluding hydrogens is 176 g/mol. The van der Waals surface area contributed by atoms with E-state index in [-0.39, 0.29) is 5.78 Å². The van der Waals surface area contributed by atoms with Crippen molar-refractivity contribution in [1.82, 2.24) is 0 Å². The summed E-state index contributed by atoms with van der Waals surface area (Å²) in [5.41, 5.74) is 0.232. The smallest absolute Gasteiger partial charge is 0.172 e. The van der Waals surface area contributed by atoms with Gasteiger partial charge in [-0.25, -0.2) is 0 Å². The van der Waals surface area contributed by atoms with Gasteiger partial charge in [0.2, 0.25) is 0 Å². The molecule has 0 amide bonds. The molecule has 1 aliphatic rings. The zero-order chi connectivity index (χ0) is 10.6. The van der Waals surface area contributed by atoms with Crippen LogP contribution in [0.3, 0.4) is 0 Å². The van der Waals surface area contributed by atoms with E-state index in [4.69, 9.17) is 4.74 Å². The SMILES string of the molecule is CCCCC(=O)C1(OC)C=CC=C1C. The fourth-order valence-corrected chi connectivity index (χ4v) is 1.76. The van der Waals surface area contributed by atoms with Gasteiger partial charge in [0.1, 0.15) is 0 Å². The van der Waals surface area contributed by atoms with Gasteiger partial charge >= 0.3 is 0 Å². The topological polar surface area (TPSA) is 26.3 Å². The first-order valence-corrected chi connectivity index (χ1v) is 5.12. The molecule has 1 atom stereocenters. The van der Waals surface area contributed by atoms with Crippen LogP contribution in [0.15, 0.2) is 23.8 Å². The molecule has 0 radical (unpaired) electrons. The predicted molar refractivity (Wildman–Crippen MR) is 57.2 cm³/mol. The van der Waals surface area contributed by atoms with E-state index >= 15 is 0 Å². The van der Waals surface area contributed by atoms with Gasteiger partial charge in [-0.1, -0.05) is 25.5 Å². The number of hydrogen-bond donors (Lipinski definition) is 0. The van der Waals surface area contributed by atoms with E-state index in [1.807, 2.05) is 25.2 Å². The van der Waals surface area contributed by atoms with Gasteiger partial charge in [0.25, 0.3) is 0 Å². The highest BCUT2D eigenvalue weighted by Gasteiger charge is 2.38. The van der Waals surface area contributed by atoms with Gasteiger partial charge < -0.3 is 4.74 Å². The highest BCUT2D eigenvalue weighted by Crippen LogP contribution is 2.30. The van der Waals surface area contributed by atoms with E-state index in [1.54, 1.807) is 7.11 Å². The van der Waals surface area contributed by atoms with Crippen LogP contribution in [0.4, 0.5) is 0 Å². The first kappa shape index (κ1) is 11.2. The number of rotatable bonds is 5. The molecule has 0 fully saturated rings. The quantitative estimate of drug-likeness (QED) is 0.672. The number of ketones is 1. The van der Waals surface area contributed by atoms with Gasteiger partial charge in [-0.05, 0) is 25.0 Å². The Bertz CT molecular complexity index is 276. The van der Waals surface area contributed by atoms with Gasteiger partial charge in [-0.15, -0.1) is 0 Å². The van der Waals surface area contributed by atoms with Gasteiger partial charge in [0, 0.05) is 13.5 Å². The molecule has 2 nitrogen and oxygen atoms in total. The molecule has 0 bridgehead atoms. The van der Waals surface area contributed by atoms with Crippen LogP contribution in [0.5, 0.6) is 0 Å². The number of methoxy groups -OCH3 is 1. The highest BCUT2D eigenvalue weighted by atomic mass is 16.5. The van der Waals surface area contributed by atoms with Crippen LogP contribution in [0.1, 0.15) is 33.1 Å². The molecule has 0 aromatic rings. The second-order valence-corrected chi connectivity index (χ2v) is 3.68. The maximum Gasteiger partial charge on any atom is 0.172 e. The monoisotopic (exact) mass is 194 g/mol. The van der Waals surface area contributed by atoms with Crippen molar-refractivity contribution in [1.29, 1.82) is 0 Å². The van der Waals surface area contributed by atoms with Crippen molar-refractivity contribution in [3.8, 4) is 0 Å². The Morgan fingerprint density at radius 3 is 2.71 bits per heavy atom. The predicted octanol–water partition coefficient (Wildman–Crippen LogP) is 2.65. The van der Waals surface area contributed by atoms with E-state index in [0.717, 1.165) is 18.4 Å². The third-order valence-electron chi connectivity index (χ3n) is 2.76. The van der Waals surface area contributed by atoms with Crippen LogP contribution >= 0.6 is 0 Å². The molecule has 0 heterocycles. The molecule has 0 saturated heterocycles. The van der Waals surface area contributed by atoms with Crippen molar-refractivity contribution < 1.29 is 9.53 Å². The molecule has 0 aromatic carbocycles. The Morgan fingerprint density at radius 1 is 1.57 bits per heavy atom. The summed E-state index contributed by atoms with van der Waals surface area (Å²) >= 11 is 0. The Morgan fingerprint density at radius 2 is 2.29 bits per heavy atom. The summed E-state index contributed by atoms with van der Waals surface area (Å²) in [6, 6.07) is 0. The number of ether oxygens (including phenoxy) is 1. The minimum Gasteiger partial charge on any atom is -0.362 e. The van der Waals surface area contributed by atoms with Crippen LogP contribution in [0, 0.1) is 0 Å². The van der Waals surface area contributed by atoms with Gasteiger partial charge in [0.05, 0.1) is 0 Å². The largest absolute Gasteiger partial charge is 0.362 e. The Kier molecular flexibility index (Phi) is 3.64. The average Bonchev–Trinajstić information content (AvgIpc) is 2.57. The zero-order valence-electron chi connectivity index (χ0n) is 9.17. The Balaban J connectivity index is 2.76. The van der Waals surface area contributed by atoms with E-state index in [9.17, 15) is 4.79 Å². The normalized spacial score (nSPS) is 25.2. The highest BCUT2D eigenvalue weighted by molar-refractivity contribution is 5.93. The first-order valence-electron chi connectivity index (χ1n) is 5.12. The average molecular weight is 194 g/mol. The molecule has 0 N–H and O–H groups in total. The number of carbonyl (C=O) groups is 1. The van der Waals surface area contributed by atoms with Crippen LogP contribution in [-0.2, 0) is 9.53 Å². The molecule has 0 aromatic heterocycles. The Hall–Kier alpha value is -0.890. The second kappa shape index (κ2) is 4.56. The lowest BCUT2D eigenvalue weighted by Gasteiger charge is -2.26. The molecule has 78 valence electrons. The lowest BCUT2D eigenvalue weighted by Crippen LogP contribution is -2.38. The third-order valence-corrected chi connectivity index (χ3v) is 2.76. The van der Waals surface area contributed by atoms with Crippen LogP contribution in [0.25, 0.3) is 0 Å². The van der Waals surface area contributed by atoms with Gasteiger partial charge in [0.15, 0.2) is 11.4 Å². The number of carbonyl (C=O) groups excluding carboxylic acids is 1. The standard InChI is InChI=1S/C12H18O2/c1-4-5-8-11(13)12(14-3)9-6-7-10(12)2/h6-7,9H,4-5,8H2,1-3H3. The number of allylic oxidation sites excluding steroid dienone is 2. The third kappa shape index (κ3) is 1.80. The lowest BCUT2D eigenvalue weighted by atomic mass is 9.90. The maximum atomic E-state index is 12.0. The van der Waals surface area contributed by atoms with Crippen LogP contribution < -0.4 is 0 Å². The molecule has 0 spiro atoms. The van der Waals surface area contributed by atoms with E-state index in [2.05, 4.69) is 6.92 Å². The molecule has 1 unspecified atom stereocenters. The molecule has 0 saturated carbocycles. The van der Waals surface area contributed by atoms with Crippen molar-refractivity contribution in [2.75, 3.05) is 7.11 Å². The molecular formula is C12H18O2. The summed E-state index contributed by atoms with van der Waals surface area (Å²) < 4.78 is 5.37. The number of hydrogen-bond acceptors (Lipinski definition) is 2. The minimum absolute atomic E-state index is 0.171. The molecule has 1 aliphatic carbocycles. The van der Waals surface area contributed by atoms with Crippen LogP contribution in [0.2, 0.25) is 0 Å². The molecule has 1 rings (SSSR count). The van der Waals surface area contributed by atoms with Crippen molar-refractivity contribution in [3.05, 3.63) is 23.8 Å². The summed E-state index contributed by atoms with van der Waals surface area (Å²) in [7, 11) is 1.59. The Labute approximate surface area is 85.6 Å². The van der Waals surface area contributed by atoms with Crippen molar-refractivity contribution in [3.63, 3.8) is 0 Å². The van der Waals surface area contributed by atoms with E-state index in [0.29, 0.717) is 6.42 Å². The molecule has 14 heavy (non-hydrogen) atoms. The van der Waals surface area contributed by atoms with E-state index in [1.165, 1.54) is 0 Å². The minimum atomic E-state index is -0.755. The van der Waals surface area contributed by atoms with Crippen molar-refractivity contribution >= 4 is 5.78 Å². The lowest BCUT2D eigenvalue weighted by molar-refractivity contribution is -0.132. The van der Waals surface area contributed by atoms with Crippen LogP contribution in [-0.4, -0.2) is 18.5 Å². The van der Waals surface area contributed by atoms with Gasteiger partial charge in [-0.3, -0.25) is 4.79 Å². The summed E-state index contributed by atoms with van der Waals surface area (Å²) in [6.45, 7) is 4.02. The first-order chi connectivity index (χ1) is 6.67.